The minimum absolute atomic E-state index is 0.0992. The third-order valence-electron chi connectivity index (χ3n) is 5.95. The molecule has 0 fully saturated rings. The number of nitrogens with zero attached hydrogens (tertiary/aromatic N) is 3. The lowest BCUT2D eigenvalue weighted by Crippen LogP contribution is -2.36. The molecule has 1 amide bonds. The minimum atomic E-state index is -4.47. The number of hydrogen-bond acceptors (Lipinski definition) is 5. The molecule has 0 saturated carbocycles. The Morgan fingerprint density at radius 1 is 1.18 bits per heavy atom. The number of ether oxygens (including phenoxy) is 1. The number of benzene rings is 1. The van der Waals surface area contributed by atoms with Crippen LogP contribution >= 0.6 is 0 Å². The number of nitrogens with one attached hydrogen (secondary N) is 2. The van der Waals surface area contributed by atoms with Crippen LogP contribution in [0.4, 0.5) is 19.0 Å². The van der Waals surface area contributed by atoms with Crippen molar-refractivity contribution in [2.24, 2.45) is 0 Å². The quantitative estimate of drug-likeness (QED) is 0.533. The predicted molar refractivity (Wildman–Crippen MR) is 120 cm³/mol. The van der Waals surface area contributed by atoms with Crippen LogP contribution in [-0.2, 0) is 24.2 Å². The summed E-state index contributed by atoms with van der Waals surface area (Å²) in [4.78, 5) is 16.6. The Morgan fingerprint density at radius 2 is 1.91 bits per heavy atom. The van der Waals surface area contributed by atoms with Gasteiger partial charge in [-0.2, -0.15) is 18.3 Å². The average Bonchev–Trinajstić information content (AvgIpc) is 3.24. The number of carbonyl (C=O) groups is 1. The molecule has 4 rings (SSSR count). The number of hydrogen-bond donors (Lipinski definition) is 2. The number of pyridine rings is 1. The summed E-state index contributed by atoms with van der Waals surface area (Å²) in [7, 11) is 1.51. The van der Waals surface area contributed by atoms with Crippen molar-refractivity contribution in [2.45, 2.75) is 51.0 Å². The monoisotopic (exact) mass is 473 g/mol. The summed E-state index contributed by atoms with van der Waals surface area (Å²) < 4.78 is 47.6. The number of aromatic nitrogens is 3. The van der Waals surface area contributed by atoms with Crippen molar-refractivity contribution in [3.05, 3.63) is 71.0 Å². The Kier molecular flexibility index (Phi) is 6.76. The van der Waals surface area contributed by atoms with Crippen LogP contribution in [0, 0.1) is 0 Å². The van der Waals surface area contributed by atoms with Gasteiger partial charge in [0, 0.05) is 30.8 Å². The summed E-state index contributed by atoms with van der Waals surface area (Å²) >= 11 is 0. The van der Waals surface area contributed by atoms with Gasteiger partial charge in [0.2, 0.25) is 11.8 Å². The van der Waals surface area contributed by atoms with E-state index in [4.69, 9.17) is 4.74 Å². The third kappa shape index (κ3) is 5.16. The molecule has 3 heterocycles. The van der Waals surface area contributed by atoms with E-state index in [1.54, 1.807) is 18.3 Å². The Morgan fingerprint density at radius 3 is 2.53 bits per heavy atom. The number of carbonyl (C=O) groups excluding carboxylic acids is 1. The van der Waals surface area contributed by atoms with Gasteiger partial charge in [-0.25, -0.2) is 9.67 Å². The molecule has 0 spiro atoms. The number of methoxy groups -OCH3 is 1. The van der Waals surface area contributed by atoms with E-state index in [1.807, 2.05) is 31.2 Å². The Hall–Kier alpha value is -3.56. The summed E-state index contributed by atoms with van der Waals surface area (Å²) in [5.74, 6) is 0.358. The zero-order valence-corrected chi connectivity index (χ0v) is 18.9. The van der Waals surface area contributed by atoms with Crippen molar-refractivity contribution in [3.63, 3.8) is 0 Å². The molecule has 0 saturated heterocycles. The first-order chi connectivity index (χ1) is 16.3. The van der Waals surface area contributed by atoms with E-state index in [-0.39, 0.29) is 31.1 Å². The number of rotatable bonds is 7. The van der Waals surface area contributed by atoms with E-state index in [2.05, 4.69) is 20.7 Å². The van der Waals surface area contributed by atoms with Gasteiger partial charge in [-0.05, 0) is 23.1 Å². The zero-order valence-electron chi connectivity index (χ0n) is 18.9. The van der Waals surface area contributed by atoms with Gasteiger partial charge in [-0.3, -0.25) is 4.79 Å². The van der Waals surface area contributed by atoms with Crippen LogP contribution in [0.5, 0.6) is 5.88 Å². The maximum Gasteiger partial charge on any atom is 0.410 e. The maximum atomic E-state index is 13.9. The Bertz CT molecular complexity index is 1130. The normalized spacial score (nSPS) is 17.6. The highest BCUT2D eigenvalue weighted by Gasteiger charge is 2.46. The smallest absolute Gasteiger partial charge is 0.410 e. The van der Waals surface area contributed by atoms with Crippen LogP contribution in [0.2, 0.25) is 0 Å². The number of alkyl halides is 3. The first kappa shape index (κ1) is 23.6. The van der Waals surface area contributed by atoms with Gasteiger partial charge in [0.05, 0.1) is 25.8 Å². The lowest BCUT2D eigenvalue weighted by atomic mass is 9.95. The predicted octanol–water partition coefficient (Wildman–Crippen LogP) is 4.37. The molecule has 10 heteroatoms. The summed E-state index contributed by atoms with van der Waals surface area (Å²) in [6.45, 7) is 2.26. The number of anilines is 1. The molecule has 0 unspecified atom stereocenters. The summed E-state index contributed by atoms with van der Waals surface area (Å²) in [6, 6.07) is 8.69. The van der Waals surface area contributed by atoms with Crippen LogP contribution < -0.4 is 15.4 Å². The molecule has 7 nitrogen and oxygen atoms in total. The first-order valence-corrected chi connectivity index (χ1v) is 11.0. The molecule has 2 aromatic heterocycles. The van der Waals surface area contributed by atoms with E-state index in [0.29, 0.717) is 11.4 Å². The second-order valence-electron chi connectivity index (χ2n) is 8.21. The second-order valence-corrected chi connectivity index (χ2v) is 8.21. The molecule has 34 heavy (non-hydrogen) atoms. The number of aryl methyl sites for hydroxylation is 1. The fraction of sp³-hybridized carbons (Fsp3) is 0.375. The molecule has 3 aromatic rings. The highest BCUT2D eigenvalue weighted by Crippen LogP contribution is 2.44. The fourth-order valence-electron chi connectivity index (χ4n) is 4.02. The SMILES string of the molecule is CCc1ccc([C@H]2C[C@@H](C(F)(F)F)n3ncc(CC(=O)NCc4ccc(OC)nc4)c3N2)cc1. The lowest BCUT2D eigenvalue weighted by molar-refractivity contribution is -0.173. The second kappa shape index (κ2) is 9.74. The van der Waals surface area contributed by atoms with Gasteiger partial charge in [0.15, 0.2) is 6.04 Å². The van der Waals surface area contributed by atoms with E-state index in [1.165, 1.54) is 13.3 Å². The molecule has 1 aliphatic heterocycles. The van der Waals surface area contributed by atoms with Crippen molar-refractivity contribution in [3.8, 4) is 5.88 Å². The number of halogens is 3. The van der Waals surface area contributed by atoms with Crippen molar-refractivity contribution in [1.29, 1.82) is 0 Å². The van der Waals surface area contributed by atoms with Crippen molar-refractivity contribution in [1.82, 2.24) is 20.1 Å². The highest BCUT2D eigenvalue weighted by atomic mass is 19.4. The molecule has 0 radical (unpaired) electrons. The van der Waals surface area contributed by atoms with Gasteiger partial charge >= 0.3 is 6.18 Å². The van der Waals surface area contributed by atoms with Crippen LogP contribution in [0.1, 0.15) is 47.7 Å². The lowest BCUT2D eigenvalue weighted by Gasteiger charge is -2.34. The Labute approximate surface area is 195 Å². The van der Waals surface area contributed by atoms with Crippen molar-refractivity contribution >= 4 is 11.7 Å². The minimum Gasteiger partial charge on any atom is -0.481 e. The maximum absolute atomic E-state index is 13.9. The summed E-state index contributed by atoms with van der Waals surface area (Å²) in [5.41, 5.74) is 3.06. The van der Waals surface area contributed by atoms with Crippen LogP contribution in [-0.4, -0.2) is 34.0 Å². The molecule has 0 bridgehead atoms. The molecule has 180 valence electrons. The highest BCUT2D eigenvalue weighted by molar-refractivity contribution is 5.80. The topological polar surface area (TPSA) is 81.1 Å². The summed E-state index contributed by atoms with van der Waals surface area (Å²) in [5, 5.41) is 9.94. The molecule has 1 aliphatic rings. The Balaban J connectivity index is 1.50. The van der Waals surface area contributed by atoms with Crippen molar-refractivity contribution < 1.29 is 22.7 Å². The number of amides is 1. The summed E-state index contributed by atoms with van der Waals surface area (Å²) in [6.07, 6.45) is -0.978. The van der Waals surface area contributed by atoms with Crippen LogP contribution in [0.25, 0.3) is 0 Å². The molecule has 2 N–H and O–H groups in total. The van der Waals surface area contributed by atoms with Crippen LogP contribution in [0.3, 0.4) is 0 Å². The molecule has 1 aromatic carbocycles. The van der Waals surface area contributed by atoms with Crippen LogP contribution in [0.15, 0.2) is 48.8 Å². The molecular weight excluding hydrogens is 447 g/mol. The van der Waals surface area contributed by atoms with E-state index >= 15 is 0 Å². The van der Waals surface area contributed by atoms with Gasteiger partial charge in [-0.15, -0.1) is 0 Å². The zero-order chi connectivity index (χ0) is 24.3. The number of fused-ring (bicyclic) bond motifs is 1. The fourth-order valence-corrected chi connectivity index (χ4v) is 4.02. The van der Waals surface area contributed by atoms with Gasteiger partial charge < -0.3 is 15.4 Å². The van der Waals surface area contributed by atoms with E-state index in [9.17, 15) is 18.0 Å². The van der Waals surface area contributed by atoms with E-state index in [0.717, 1.165) is 27.8 Å². The largest absolute Gasteiger partial charge is 0.481 e. The van der Waals surface area contributed by atoms with Gasteiger partial charge in [-0.1, -0.05) is 37.3 Å². The van der Waals surface area contributed by atoms with Crippen molar-refractivity contribution in [2.75, 3.05) is 12.4 Å². The van der Waals surface area contributed by atoms with Gasteiger partial charge in [0.1, 0.15) is 5.82 Å². The van der Waals surface area contributed by atoms with Gasteiger partial charge in [0.25, 0.3) is 0 Å². The van der Waals surface area contributed by atoms with E-state index < -0.39 is 18.3 Å². The standard InChI is InChI=1S/C24H26F3N5O2/c1-3-15-4-7-17(8-5-15)19-11-20(24(25,26)27)32-23(31-19)18(14-30-32)10-21(33)28-12-16-6-9-22(34-2)29-13-16/h4-9,13-14,19-20,31H,3,10-12H2,1-2H3,(H,28,33)/t19-,20+/m1/s1. The molecular formula is C24H26F3N5O2. The molecule has 2 atom stereocenters. The molecule has 0 aliphatic carbocycles. The third-order valence-corrected chi connectivity index (χ3v) is 5.95. The average molecular weight is 473 g/mol. The first-order valence-electron chi connectivity index (χ1n) is 11.0.